The summed E-state index contributed by atoms with van der Waals surface area (Å²) in [6.45, 7) is 11.1. The lowest BCUT2D eigenvalue weighted by atomic mass is 9.71. The van der Waals surface area contributed by atoms with Crippen molar-refractivity contribution in [3.8, 4) is 0 Å². The molecule has 0 saturated carbocycles. The maximum atomic E-state index is 15.9. The fourth-order valence-electron chi connectivity index (χ4n) is 5.45. The van der Waals surface area contributed by atoms with E-state index in [1.807, 2.05) is 11.8 Å². The average Bonchev–Trinajstić information content (AvgIpc) is 3.30. The van der Waals surface area contributed by atoms with Crippen LogP contribution in [0.1, 0.15) is 73.4 Å². The third-order valence-corrected chi connectivity index (χ3v) is 8.19. The number of benzene rings is 1. The Hall–Kier alpha value is -3.37. The monoisotopic (exact) mass is 587 g/mol. The van der Waals surface area contributed by atoms with Crippen molar-refractivity contribution in [1.29, 1.82) is 0 Å². The average molecular weight is 588 g/mol. The van der Waals surface area contributed by atoms with Crippen molar-refractivity contribution in [2.45, 2.75) is 73.4 Å². The Morgan fingerprint density at radius 3 is 2.54 bits per heavy atom. The molecule has 0 bridgehead atoms. The first-order valence-corrected chi connectivity index (χ1v) is 13.9. The summed E-state index contributed by atoms with van der Waals surface area (Å²) in [5.74, 6) is -2.56. The summed E-state index contributed by atoms with van der Waals surface area (Å²) in [7, 11) is 0. The van der Waals surface area contributed by atoms with Crippen LogP contribution in [-0.2, 0) is 17.8 Å². The van der Waals surface area contributed by atoms with Gasteiger partial charge >= 0.3 is 5.97 Å². The zero-order valence-electron chi connectivity index (χ0n) is 24.2. The van der Waals surface area contributed by atoms with E-state index >= 15 is 4.39 Å². The van der Waals surface area contributed by atoms with E-state index in [9.17, 15) is 19.1 Å². The highest BCUT2D eigenvalue weighted by Crippen LogP contribution is 2.41. The Bertz CT molecular complexity index is 1490. The molecule has 220 valence electrons. The lowest BCUT2D eigenvalue weighted by molar-refractivity contribution is -0.153. The maximum Gasteiger partial charge on any atom is 0.310 e. The smallest absolute Gasteiger partial charge is 0.310 e. The number of carbonyl (C=O) groups excluding carboxylic acids is 1. The molecule has 8 nitrogen and oxygen atoms in total. The number of likely N-dealkylation sites (tertiary alicyclic amines) is 1. The van der Waals surface area contributed by atoms with Crippen molar-refractivity contribution in [3.63, 3.8) is 0 Å². The fraction of sp³-hybridized carbons (Fsp3) is 0.467. The number of H-pyrrole nitrogens is 1. The molecule has 1 aromatic carbocycles. The fourth-order valence-corrected chi connectivity index (χ4v) is 5.64. The summed E-state index contributed by atoms with van der Waals surface area (Å²) in [6.07, 6.45) is 0.515. The van der Waals surface area contributed by atoms with Crippen molar-refractivity contribution >= 4 is 35.0 Å². The van der Waals surface area contributed by atoms with Gasteiger partial charge in [-0.1, -0.05) is 44.5 Å². The number of aliphatic carboxylic acids is 1. The van der Waals surface area contributed by atoms with E-state index in [2.05, 4.69) is 20.5 Å². The summed E-state index contributed by atoms with van der Waals surface area (Å²) in [5, 5.41) is 20.2. The van der Waals surface area contributed by atoms with Crippen LogP contribution in [0.5, 0.6) is 0 Å². The minimum atomic E-state index is -1.22. The number of aryl methyl sites for hydroxylation is 1. The molecule has 3 heterocycles. The molecule has 0 amide bonds. The van der Waals surface area contributed by atoms with Crippen LogP contribution in [-0.4, -0.2) is 49.5 Å². The molecule has 1 aliphatic rings. The number of Topliss-reactive ketones (excluding diaryl/α,β-unsaturated/α-hetero) is 1. The second kappa shape index (κ2) is 11.5. The third-order valence-electron chi connectivity index (χ3n) is 7.89. The highest BCUT2D eigenvalue weighted by Gasteiger charge is 2.45. The molecule has 1 fully saturated rings. The molecule has 41 heavy (non-hydrogen) atoms. The minimum Gasteiger partial charge on any atom is -0.481 e. The van der Waals surface area contributed by atoms with Crippen LogP contribution in [0, 0.1) is 36.3 Å². The summed E-state index contributed by atoms with van der Waals surface area (Å²) < 4.78 is 30.4. The first kappa shape index (κ1) is 30.6. The molecule has 11 heteroatoms. The lowest BCUT2D eigenvalue weighted by Crippen LogP contribution is -2.50. The van der Waals surface area contributed by atoms with Crippen molar-refractivity contribution in [1.82, 2.24) is 20.1 Å². The summed E-state index contributed by atoms with van der Waals surface area (Å²) in [4.78, 5) is 32.8. The first-order valence-electron chi connectivity index (χ1n) is 13.6. The van der Waals surface area contributed by atoms with Crippen LogP contribution in [0.4, 0.5) is 20.4 Å². The zero-order chi connectivity index (χ0) is 30.3. The van der Waals surface area contributed by atoms with Gasteiger partial charge in [-0.15, -0.1) is 0 Å². The number of anilines is 2. The van der Waals surface area contributed by atoms with Crippen LogP contribution < -0.4 is 5.32 Å². The molecule has 1 aliphatic heterocycles. The number of aromatic nitrogens is 3. The second-order valence-electron chi connectivity index (χ2n) is 12.1. The first-order chi connectivity index (χ1) is 19.1. The van der Waals surface area contributed by atoms with Crippen molar-refractivity contribution in [3.05, 3.63) is 69.0 Å². The second-order valence-corrected chi connectivity index (χ2v) is 12.5. The van der Waals surface area contributed by atoms with Crippen molar-refractivity contribution in [2.24, 2.45) is 10.8 Å². The maximum absolute atomic E-state index is 15.9. The van der Waals surface area contributed by atoms with Gasteiger partial charge in [-0.2, -0.15) is 5.10 Å². The predicted molar refractivity (Wildman–Crippen MR) is 154 cm³/mol. The molecule has 0 spiro atoms. The minimum absolute atomic E-state index is 0.00313. The van der Waals surface area contributed by atoms with E-state index in [0.29, 0.717) is 35.7 Å². The van der Waals surface area contributed by atoms with Gasteiger partial charge in [0.15, 0.2) is 23.2 Å². The van der Waals surface area contributed by atoms with E-state index in [1.54, 1.807) is 52.8 Å². The highest BCUT2D eigenvalue weighted by atomic mass is 35.5. The van der Waals surface area contributed by atoms with Crippen LogP contribution in [0.25, 0.3) is 0 Å². The Balaban J connectivity index is 1.70. The van der Waals surface area contributed by atoms with Crippen LogP contribution in [0.2, 0.25) is 5.02 Å². The van der Waals surface area contributed by atoms with E-state index in [4.69, 9.17) is 11.6 Å². The van der Waals surface area contributed by atoms with E-state index < -0.39 is 34.2 Å². The number of hydrogen-bond acceptors (Lipinski definition) is 6. The lowest BCUT2D eigenvalue weighted by Gasteiger charge is -2.43. The van der Waals surface area contributed by atoms with Crippen LogP contribution in [0.3, 0.4) is 0 Å². The standard InChI is InChI=1S/C30H36ClF2N5O3/c1-16-12-22(37-36-16)35-27-25(33)23(26(39)29(4,5)6)18(3)21(34-27)14-30(28(40)41)10-11-38(17(2)13-30)15-19-8-7-9-20(31)24(19)32/h7-9,12,17H,10-11,13-15H2,1-6H3,(H,40,41)(H2,34,35,36,37)/t17-,30-/m1/s1. The van der Waals surface area contributed by atoms with E-state index in [0.717, 1.165) is 5.69 Å². The molecule has 4 rings (SSSR count). The molecule has 0 aliphatic carbocycles. The number of nitrogens with zero attached hydrogens (tertiary/aromatic N) is 3. The molecule has 0 unspecified atom stereocenters. The molecular weight excluding hydrogens is 552 g/mol. The Morgan fingerprint density at radius 1 is 1.24 bits per heavy atom. The Morgan fingerprint density at radius 2 is 1.95 bits per heavy atom. The molecule has 1 saturated heterocycles. The topological polar surface area (TPSA) is 111 Å². The third kappa shape index (κ3) is 6.28. The highest BCUT2D eigenvalue weighted by molar-refractivity contribution is 6.30. The number of rotatable bonds is 8. The molecule has 3 N–H and O–H groups in total. The molecule has 2 aromatic heterocycles. The number of carboxylic acid groups (broad SMARTS) is 1. The van der Waals surface area contributed by atoms with Crippen molar-refractivity contribution < 1.29 is 23.5 Å². The van der Waals surface area contributed by atoms with Gasteiger partial charge in [0.25, 0.3) is 0 Å². The van der Waals surface area contributed by atoms with Gasteiger partial charge in [-0.3, -0.25) is 19.6 Å². The Kier molecular flexibility index (Phi) is 8.57. The van der Waals surface area contributed by atoms with Gasteiger partial charge in [0, 0.05) is 47.4 Å². The number of aromatic amines is 1. The summed E-state index contributed by atoms with van der Waals surface area (Å²) in [6, 6.07) is 6.31. The molecule has 3 aromatic rings. The Labute approximate surface area is 243 Å². The van der Waals surface area contributed by atoms with Crippen LogP contribution >= 0.6 is 11.6 Å². The number of ketones is 1. The number of halogens is 3. The molecule has 0 radical (unpaired) electrons. The number of piperidine rings is 1. The predicted octanol–water partition coefficient (Wildman–Crippen LogP) is 6.62. The van der Waals surface area contributed by atoms with Crippen LogP contribution in [0.15, 0.2) is 24.3 Å². The zero-order valence-corrected chi connectivity index (χ0v) is 24.9. The van der Waals surface area contributed by atoms with Gasteiger partial charge in [-0.05, 0) is 51.8 Å². The number of pyridine rings is 1. The quantitative estimate of drug-likeness (QED) is 0.254. The number of hydrogen-bond donors (Lipinski definition) is 3. The van der Waals surface area contributed by atoms with Crippen molar-refractivity contribution in [2.75, 3.05) is 11.9 Å². The summed E-state index contributed by atoms with van der Waals surface area (Å²) in [5.41, 5.74) is -0.377. The largest absolute Gasteiger partial charge is 0.481 e. The number of carboxylic acids is 1. The molecule has 2 atom stereocenters. The van der Waals surface area contributed by atoms with Gasteiger partial charge in [-0.25, -0.2) is 13.8 Å². The molecular formula is C30H36ClF2N5O3. The summed E-state index contributed by atoms with van der Waals surface area (Å²) >= 11 is 5.96. The number of carbonyl (C=O) groups is 2. The van der Waals surface area contributed by atoms with E-state index in [1.165, 1.54) is 6.07 Å². The van der Waals surface area contributed by atoms with Gasteiger partial charge in [0.2, 0.25) is 0 Å². The van der Waals surface area contributed by atoms with E-state index in [-0.39, 0.29) is 41.7 Å². The van der Waals surface area contributed by atoms with Gasteiger partial charge < -0.3 is 10.4 Å². The number of nitrogens with one attached hydrogen (secondary N) is 2. The normalized spacial score (nSPS) is 19.8. The SMILES string of the molecule is Cc1cc(Nc2nc(C[C@@]3(C(=O)O)CCN(Cc4cccc(Cl)c4F)[C@H](C)C3)c(C)c(C(=O)C(C)(C)C)c2F)n[nH]1. The van der Waals surface area contributed by atoms with Gasteiger partial charge in [0.05, 0.1) is 16.0 Å². The van der Waals surface area contributed by atoms with Gasteiger partial charge in [0.1, 0.15) is 5.82 Å².